The van der Waals surface area contributed by atoms with Gasteiger partial charge in [0.2, 0.25) is 0 Å². The van der Waals surface area contributed by atoms with Crippen molar-refractivity contribution in [1.82, 2.24) is 4.57 Å². The molecule has 0 amide bonds. The second kappa shape index (κ2) is 4.62. The van der Waals surface area contributed by atoms with Crippen LogP contribution >= 0.6 is 0 Å². The summed E-state index contributed by atoms with van der Waals surface area (Å²) in [6, 6.07) is 9.10. The Bertz CT molecular complexity index is 620. The van der Waals surface area contributed by atoms with Crippen LogP contribution in [-0.4, -0.2) is 4.57 Å². The molecule has 17 heavy (non-hydrogen) atoms. The highest BCUT2D eigenvalue weighted by atomic mass is 19.1. The lowest BCUT2D eigenvalue weighted by Crippen LogP contribution is -2.05. The maximum atomic E-state index is 13.1. The highest BCUT2D eigenvalue weighted by Crippen LogP contribution is 2.10. The van der Waals surface area contributed by atoms with Gasteiger partial charge in [-0.1, -0.05) is 6.07 Å². The summed E-state index contributed by atoms with van der Waals surface area (Å²) < 4.78 is 14.9. The van der Waals surface area contributed by atoms with Gasteiger partial charge in [-0.3, -0.25) is 4.79 Å². The van der Waals surface area contributed by atoms with Crippen LogP contribution in [0.5, 0.6) is 0 Å². The third-order valence-electron chi connectivity index (χ3n) is 2.38. The van der Waals surface area contributed by atoms with E-state index in [1.165, 1.54) is 24.3 Å². The molecular weight excluding hydrogens is 219 g/mol. The normalized spacial score (nSPS) is 9.88. The Balaban J connectivity index is 2.28. The fourth-order valence-corrected chi connectivity index (χ4v) is 1.52. The van der Waals surface area contributed by atoms with E-state index in [1.54, 1.807) is 29.1 Å². The van der Waals surface area contributed by atoms with Crippen LogP contribution in [0.4, 0.5) is 4.39 Å². The topological polar surface area (TPSA) is 45.8 Å². The summed E-state index contributed by atoms with van der Waals surface area (Å²) in [6.07, 6.45) is 3.30. The van der Waals surface area contributed by atoms with E-state index < -0.39 is 5.82 Å². The third-order valence-corrected chi connectivity index (χ3v) is 2.38. The number of rotatable bonds is 2. The third kappa shape index (κ3) is 2.58. The Labute approximate surface area is 97.4 Å². The average Bonchev–Trinajstić information content (AvgIpc) is 2.34. The van der Waals surface area contributed by atoms with Gasteiger partial charge in [0.15, 0.2) is 5.43 Å². The van der Waals surface area contributed by atoms with E-state index in [0.29, 0.717) is 6.54 Å². The molecule has 0 aliphatic rings. The summed E-state index contributed by atoms with van der Waals surface area (Å²) >= 11 is 0. The first-order chi connectivity index (χ1) is 8.19. The molecule has 0 bridgehead atoms. The Morgan fingerprint density at radius 2 is 1.94 bits per heavy atom. The molecule has 0 saturated heterocycles. The molecule has 4 heteroatoms. The number of pyridine rings is 1. The quantitative estimate of drug-likeness (QED) is 0.788. The van der Waals surface area contributed by atoms with Gasteiger partial charge in [-0.15, -0.1) is 0 Å². The SMILES string of the molecule is N#Cc1cc(Cn2ccc(=O)cc2)ccc1F. The predicted octanol–water partition coefficient (Wildman–Crippen LogP) is 1.91. The number of hydrogen-bond acceptors (Lipinski definition) is 2. The van der Waals surface area contributed by atoms with Gasteiger partial charge in [-0.25, -0.2) is 4.39 Å². The largest absolute Gasteiger partial charge is 0.350 e. The minimum atomic E-state index is -0.517. The van der Waals surface area contributed by atoms with E-state index in [0.717, 1.165) is 5.56 Å². The van der Waals surface area contributed by atoms with Crippen molar-refractivity contribution in [1.29, 1.82) is 5.26 Å². The van der Waals surface area contributed by atoms with Crippen LogP contribution in [0.2, 0.25) is 0 Å². The highest BCUT2D eigenvalue weighted by Gasteiger charge is 2.02. The van der Waals surface area contributed by atoms with Crippen LogP contribution in [0, 0.1) is 17.1 Å². The second-order valence-corrected chi connectivity index (χ2v) is 3.63. The maximum Gasteiger partial charge on any atom is 0.181 e. The van der Waals surface area contributed by atoms with Crippen LogP contribution in [0.1, 0.15) is 11.1 Å². The molecule has 3 nitrogen and oxygen atoms in total. The monoisotopic (exact) mass is 228 g/mol. The van der Waals surface area contributed by atoms with Gasteiger partial charge in [0.1, 0.15) is 11.9 Å². The minimum absolute atomic E-state index is 0.0311. The first-order valence-electron chi connectivity index (χ1n) is 5.03. The predicted molar refractivity (Wildman–Crippen MR) is 60.9 cm³/mol. The summed E-state index contributed by atoms with van der Waals surface area (Å²) in [4.78, 5) is 10.9. The maximum absolute atomic E-state index is 13.1. The lowest BCUT2D eigenvalue weighted by Gasteiger charge is -2.06. The molecule has 0 aliphatic carbocycles. The highest BCUT2D eigenvalue weighted by molar-refractivity contribution is 5.34. The number of nitriles is 1. The minimum Gasteiger partial charge on any atom is -0.350 e. The number of aromatic nitrogens is 1. The number of halogens is 1. The van der Waals surface area contributed by atoms with E-state index >= 15 is 0 Å². The van der Waals surface area contributed by atoms with Crippen molar-refractivity contribution in [3.63, 3.8) is 0 Å². The molecule has 0 saturated carbocycles. The van der Waals surface area contributed by atoms with Crippen molar-refractivity contribution < 1.29 is 4.39 Å². The van der Waals surface area contributed by atoms with Gasteiger partial charge in [-0.05, 0) is 17.7 Å². The van der Waals surface area contributed by atoms with Crippen molar-refractivity contribution in [2.75, 3.05) is 0 Å². The van der Waals surface area contributed by atoms with Crippen molar-refractivity contribution in [3.8, 4) is 6.07 Å². The lowest BCUT2D eigenvalue weighted by atomic mass is 10.1. The molecule has 1 aromatic carbocycles. The Morgan fingerprint density at radius 3 is 2.59 bits per heavy atom. The molecule has 0 aliphatic heterocycles. The first kappa shape index (κ1) is 11.1. The van der Waals surface area contributed by atoms with Crippen molar-refractivity contribution >= 4 is 0 Å². The van der Waals surface area contributed by atoms with Crippen LogP contribution in [-0.2, 0) is 6.54 Å². The zero-order chi connectivity index (χ0) is 12.3. The summed E-state index contributed by atoms with van der Waals surface area (Å²) in [5.41, 5.74) is 0.785. The molecule has 0 unspecified atom stereocenters. The summed E-state index contributed by atoms with van der Waals surface area (Å²) in [7, 11) is 0. The van der Waals surface area contributed by atoms with Gasteiger partial charge in [0, 0.05) is 31.1 Å². The van der Waals surface area contributed by atoms with Crippen molar-refractivity contribution in [2.24, 2.45) is 0 Å². The number of hydrogen-bond donors (Lipinski definition) is 0. The number of benzene rings is 1. The van der Waals surface area contributed by atoms with Gasteiger partial charge in [0.25, 0.3) is 0 Å². The standard InChI is InChI=1S/C13H9FN2O/c14-13-2-1-10(7-11(13)8-15)9-16-5-3-12(17)4-6-16/h1-7H,9H2. The van der Waals surface area contributed by atoms with Crippen LogP contribution in [0.15, 0.2) is 47.5 Å². The number of nitrogens with zero attached hydrogens (tertiary/aromatic N) is 2. The molecule has 0 spiro atoms. The summed E-state index contributed by atoms with van der Waals surface area (Å²) in [6.45, 7) is 0.495. The van der Waals surface area contributed by atoms with Gasteiger partial charge < -0.3 is 4.57 Å². The van der Waals surface area contributed by atoms with E-state index in [4.69, 9.17) is 5.26 Å². The van der Waals surface area contributed by atoms with Crippen LogP contribution in [0.3, 0.4) is 0 Å². The van der Waals surface area contributed by atoms with E-state index in [1.807, 2.05) is 0 Å². The van der Waals surface area contributed by atoms with Crippen molar-refractivity contribution in [2.45, 2.75) is 6.54 Å². The van der Waals surface area contributed by atoms with Crippen LogP contribution < -0.4 is 5.43 Å². The van der Waals surface area contributed by atoms with E-state index in [-0.39, 0.29) is 11.0 Å². The lowest BCUT2D eigenvalue weighted by molar-refractivity contribution is 0.622. The molecule has 2 rings (SSSR count). The average molecular weight is 228 g/mol. The smallest absolute Gasteiger partial charge is 0.181 e. The second-order valence-electron chi connectivity index (χ2n) is 3.63. The fraction of sp³-hybridized carbons (Fsp3) is 0.0769. The fourth-order valence-electron chi connectivity index (χ4n) is 1.52. The molecule has 0 N–H and O–H groups in total. The van der Waals surface area contributed by atoms with Crippen LogP contribution in [0.25, 0.3) is 0 Å². The molecule has 2 aromatic rings. The molecule has 1 aromatic heterocycles. The zero-order valence-corrected chi connectivity index (χ0v) is 8.93. The Kier molecular flexibility index (Phi) is 3.01. The molecule has 0 fully saturated rings. The van der Waals surface area contributed by atoms with E-state index in [2.05, 4.69) is 0 Å². The Hall–Kier alpha value is -2.41. The first-order valence-corrected chi connectivity index (χ1v) is 5.03. The zero-order valence-electron chi connectivity index (χ0n) is 8.93. The van der Waals surface area contributed by atoms with Gasteiger partial charge in [-0.2, -0.15) is 5.26 Å². The van der Waals surface area contributed by atoms with E-state index in [9.17, 15) is 9.18 Å². The van der Waals surface area contributed by atoms with Crippen molar-refractivity contribution in [3.05, 3.63) is 69.9 Å². The summed E-state index contributed by atoms with van der Waals surface area (Å²) in [5, 5.41) is 8.71. The summed E-state index contributed by atoms with van der Waals surface area (Å²) in [5.74, 6) is -0.517. The molecule has 84 valence electrons. The van der Waals surface area contributed by atoms with Gasteiger partial charge in [0.05, 0.1) is 5.56 Å². The Morgan fingerprint density at radius 1 is 1.24 bits per heavy atom. The molecule has 0 radical (unpaired) electrons. The molecule has 0 atom stereocenters. The van der Waals surface area contributed by atoms with Gasteiger partial charge >= 0.3 is 0 Å². The molecular formula is C13H9FN2O. The molecule has 1 heterocycles.